The number of aromatic nitrogens is 2. The molecular formula is C23H23F3N4O4S. The number of carbonyl (C=O) groups excluding carboxylic acids is 2. The van der Waals surface area contributed by atoms with Gasteiger partial charge < -0.3 is 14.8 Å². The number of rotatable bonds is 11. The van der Waals surface area contributed by atoms with Crippen molar-refractivity contribution in [3.8, 4) is 16.3 Å². The molecule has 0 spiro atoms. The molecule has 0 saturated carbocycles. The molecule has 0 aliphatic rings. The maximum absolute atomic E-state index is 12.9. The molecule has 35 heavy (non-hydrogen) atoms. The van der Waals surface area contributed by atoms with Crippen molar-refractivity contribution >= 4 is 28.7 Å². The molecule has 0 fully saturated rings. The van der Waals surface area contributed by atoms with Crippen LogP contribution in [0.2, 0.25) is 0 Å². The molecule has 0 atom stereocenters. The van der Waals surface area contributed by atoms with Gasteiger partial charge in [-0.2, -0.15) is 0 Å². The molecule has 186 valence electrons. The molecule has 0 saturated heterocycles. The van der Waals surface area contributed by atoms with Crippen molar-refractivity contribution in [3.63, 3.8) is 0 Å². The van der Waals surface area contributed by atoms with Crippen LogP contribution in [0.5, 0.6) is 5.75 Å². The number of hydrogen-bond acceptors (Lipinski definition) is 8. The molecule has 1 heterocycles. The highest BCUT2D eigenvalue weighted by Gasteiger charge is 2.32. The zero-order valence-corrected chi connectivity index (χ0v) is 19.8. The molecule has 3 rings (SSSR count). The van der Waals surface area contributed by atoms with E-state index in [1.54, 1.807) is 11.9 Å². The minimum atomic E-state index is -4.97. The Morgan fingerprint density at radius 2 is 1.86 bits per heavy atom. The highest BCUT2D eigenvalue weighted by Crippen LogP contribution is 2.32. The SMILES string of the molecule is COCCN(C)CC(=O)Nc1cc(C(=O)Cc2nnc(-c3ccccc3)s2)ccc1OC(F)(F)F. The molecule has 8 nitrogen and oxygen atoms in total. The highest BCUT2D eigenvalue weighted by atomic mass is 32.1. The maximum Gasteiger partial charge on any atom is 0.573 e. The Morgan fingerprint density at radius 1 is 1.11 bits per heavy atom. The summed E-state index contributed by atoms with van der Waals surface area (Å²) in [4.78, 5) is 26.8. The van der Waals surface area contributed by atoms with Gasteiger partial charge in [-0.15, -0.1) is 23.4 Å². The molecule has 1 aromatic heterocycles. The molecule has 0 aliphatic carbocycles. The first-order valence-corrected chi connectivity index (χ1v) is 11.2. The Kier molecular flexibility index (Phi) is 8.90. The number of nitrogens with one attached hydrogen (secondary N) is 1. The topological polar surface area (TPSA) is 93.7 Å². The van der Waals surface area contributed by atoms with E-state index in [1.165, 1.54) is 24.5 Å². The van der Waals surface area contributed by atoms with Gasteiger partial charge in [-0.05, 0) is 25.2 Å². The Morgan fingerprint density at radius 3 is 2.54 bits per heavy atom. The van der Waals surface area contributed by atoms with Gasteiger partial charge in [-0.3, -0.25) is 14.5 Å². The lowest BCUT2D eigenvalue weighted by molar-refractivity contribution is -0.274. The monoisotopic (exact) mass is 508 g/mol. The average Bonchev–Trinajstić information content (AvgIpc) is 3.27. The fourth-order valence-electron chi connectivity index (χ4n) is 3.04. The van der Waals surface area contributed by atoms with Gasteiger partial charge in [0.05, 0.1) is 25.3 Å². The number of nitrogens with zero attached hydrogens (tertiary/aromatic N) is 3. The van der Waals surface area contributed by atoms with Crippen molar-refractivity contribution in [2.75, 3.05) is 39.2 Å². The predicted octanol–water partition coefficient (Wildman–Crippen LogP) is 4.05. The van der Waals surface area contributed by atoms with E-state index in [2.05, 4.69) is 20.3 Å². The summed E-state index contributed by atoms with van der Waals surface area (Å²) in [6.07, 6.45) is -5.07. The standard InChI is InChI=1S/C23H23F3N4O4S/c1-30(10-11-33-2)14-20(32)27-17-12-16(8-9-19(17)34-23(24,25)26)18(31)13-21-28-29-22(35-21)15-6-4-3-5-7-15/h3-9,12H,10-11,13-14H2,1-2H3,(H,27,32). The van der Waals surface area contributed by atoms with Crippen LogP contribution >= 0.6 is 11.3 Å². The number of hydrogen-bond donors (Lipinski definition) is 1. The van der Waals surface area contributed by atoms with Gasteiger partial charge in [0.25, 0.3) is 0 Å². The number of benzene rings is 2. The summed E-state index contributed by atoms with van der Waals surface area (Å²) in [7, 11) is 3.18. The second kappa shape index (κ2) is 11.9. The molecule has 0 radical (unpaired) electrons. The quantitative estimate of drug-likeness (QED) is 0.391. The van der Waals surface area contributed by atoms with Crippen molar-refractivity contribution in [3.05, 3.63) is 59.1 Å². The van der Waals surface area contributed by atoms with Crippen LogP contribution in [0.3, 0.4) is 0 Å². The van der Waals surface area contributed by atoms with Crippen LogP contribution in [0.1, 0.15) is 15.4 Å². The number of carbonyl (C=O) groups is 2. The molecule has 0 unspecified atom stereocenters. The van der Waals surface area contributed by atoms with Gasteiger partial charge in [0, 0.05) is 24.8 Å². The number of ether oxygens (including phenoxy) is 2. The lowest BCUT2D eigenvalue weighted by atomic mass is 10.1. The van der Waals surface area contributed by atoms with Crippen LogP contribution in [0.25, 0.3) is 10.6 Å². The molecule has 0 bridgehead atoms. The Balaban J connectivity index is 1.76. The summed E-state index contributed by atoms with van der Waals surface area (Å²) in [6.45, 7) is 0.731. The van der Waals surface area contributed by atoms with Crippen LogP contribution in [0, 0.1) is 0 Å². The van der Waals surface area contributed by atoms with E-state index in [0.717, 1.165) is 17.7 Å². The minimum absolute atomic E-state index is 0.0963. The zero-order valence-electron chi connectivity index (χ0n) is 19.0. The van der Waals surface area contributed by atoms with Gasteiger partial charge in [-0.25, -0.2) is 0 Å². The van der Waals surface area contributed by atoms with Gasteiger partial charge >= 0.3 is 6.36 Å². The third-order valence-electron chi connectivity index (χ3n) is 4.69. The van der Waals surface area contributed by atoms with Crippen LogP contribution in [-0.4, -0.2) is 67.0 Å². The van der Waals surface area contributed by atoms with Gasteiger partial charge in [0.15, 0.2) is 11.5 Å². The molecule has 1 N–H and O–H groups in total. The number of amides is 1. The summed E-state index contributed by atoms with van der Waals surface area (Å²) >= 11 is 1.25. The third-order valence-corrected chi connectivity index (χ3v) is 5.66. The van der Waals surface area contributed by atoms with E-state index in [4.69, 9.17) is 4.74 Å². The second-order valence-electron chi connectivity index (χ2n) is 7.50. The Labute approximate surface area is 203 Å². The largest absolute Gasteiger partial charge is 0.573 e. The van der Waals surface area contributed by atoms with Gasteiger partial charge in [-0.1, -0.05) is 41.7 Å². The minimum Gasteiger partial charge on any atom is -0.404 e. The van der Waals surface area contributed by atoms with Crippen LogP contribution in [0.4, 0.5) is 18.9 Å². The Hall–Kier alpha value is -3.35. The normalized spacial score (nSPS) is 11.5. The van der Waals surface area contributed by atoms with E-state index in [-0.39, 0.29) is 24.2 Å². The number of halogens is 3. The predicted molar refractivity (Wildman–Crippen MR) is 125 cm³/mol. The average molecular weight is 509 g/mol. The van der Waals surface area contributed by atoms with Crippen LogP contribution in [-0.2, 0) is 16.0 Å². The number of alkyl halides is 3. The fraction of sp³-hybridized carbons (Fsp3) is 0.304. The first-order valence-electron chi connectivity index (χ1n) is 10.4. The number of Topliss-reactive ketones (excluding diaryl/α,β-unsaturated/α-hetero) is 1. The van der Waals surface area contributed by atoms with Crippen molar-refractivity contribution < 1.29 is 32.2 Å². The molecular weight excluding hydrogens is 485 g/mol. The molecule has 3 aromatic rings. The molecule has 1 amide bonds. The van der Waals surface area contributed by atoms with E-state index < -0.39 is 23.8 Å². The molecule has 0 aliphatic heterocycles. The number of anilines is 1. The highest BCUT2D eigenvalue weighted by molar-refractivity contribution is 7.14. The number of likely N-dealkylation sites (N-methyl/N-ethyl adjacent to an activating group) is 1. The molecule has 12 heteroatoms. The van der Waals surface area contributed by atoms with Crippen molar-refractivity contribution in [2.45, 2.75) is 12.8 Å². The summed E-state index contributed by atoms with van der Waals surface area (Å²) < 4.78 is 47.5. The summed E-state index contributed by atoms with van der Waals surface area (Å²) in [5, 5.41) is 11.6. The van der Waals surface area contributed by atoms with Crippen molar-refractivity contribution in [1.29, 1.82) is 0 Å². The number of methoxy groups -OCH3 is 1. The zero-order chi connectivity index (χ0) is 25.4. The maximum atomic E-state index is 12.9. The summed E-state index contributed by atoms with van der Waals surface area (Å²) in [6, 6.07) is 12.7. The lowest BCUT2D eigenvalue weighted by Gasteiger charge is -2.18. The Bertz CT molecular complexity index is 1160. The summed E-state index contributed by atoms with van der Waals surface area (Å²) in [5.74, 6) is -1.59. The second-order valence-corrected chi connectivity index (χ2v) is 8.57. The van der Waals surface area contributed by atoms with E-state index >= 15 is 0 Å². The van der Waals surface area contributed by atoms with Crippen molar-refractivity contribution in [1.82, 2.24) is 15.1 Å². The van der Waals surface area contributed by atoms with E-state index in [1.807, 2.05) is 30.3 Å². The molecule has 2 aromatic carbocycles. The van der Waals surface area contributed by atoms with Crippen molar-refractivity contribution in [2.24, 2.45) is 0 Å². The number of ketones is 1. The third kappa shape index (κ3) is 8.12. The van der Waals surface area contributed by atoms with Gasteiger partial charge in [0.2, 0.25) is 5.91 Å². The fourth-order valence-corrected chi connectivity index (χ4v) is 3.88. The first-order chi connectivity index (χ1) is 16.6. The van der Waals surface area contributed by atoms with Crippen LogP contribution in [0.15, 0.2) is 48.5 Å². The summed E-state index contributed by atoms with van der Waals surface area (Å²) in [5.41, 5.74) is 0.692. The van der Waals surface area contributed by atoms with Gasteiger partial charge in [0.1, 0.15) is 10.0 Å². The van der Waals surface area contributed by atoms with Crippen LogP contribution < -0.4 is 10.1 Å². The first kappa shape index (κ1) is 26.3. The lowest BCUT2D eigenvalue weighted by Crippen LogP contribution is -2.32. The van der Waals surface area contributed by atoms with E-state index in [9.17, 15) is 22.8 Å². The smallest absolute Gasteiger partial charge is 0.404 e. The van der Waals surface area contributed by atoms with E-state index in [0.29, 0.717) is 23.2 Å².